The van der Waals surface area contributed by atoms with Gasteiger partial charge in [0, 0.05) is 0 Å². The Hall–Kier alpha value is -0.0500. The number of ether oxygens (including phenoxy) is 1. The monoisotopic (exact) mass is 205 g/mol. The quantitative estimate of drug-likeness (QED) is 0.601. The van der Waals surface area contributed by atoms with Gasteiger partial charge in [-0.25, -0.2) is 4.99 Å². The number of alkyl halides is 1. The molecule has 0 N–H and O–H groups in total. The largest absolute Gasteiger partial charge is 0.478 e. The molecule has 3 heteroatoms. The van der Waals surface area contributed by atoms with E-state index in [1.165, 1.54) is 0 Å². The lowest BCUT2D eigenvalue weighted by molar-refractivity contribution is 0.275. The van der Waals surface area contributed by atoms with Crippen LogP contribution in [0, 0.1) is 0 Å². The Balaban J connectivity index is 2.66. The van der Waals surface area contributed by atoms with Crippen molar-refractivity contribution in [3.8, 4) is 0 Å². The molecule has 1 aliphatic heterocycles. The standard InChI is InChI=1S/C7H12BrNO/c1-5(8)6-9-7(2,3)4-10-6/h5H,4H2,1-3H3. The highest BCUT2D eigenvalue weighted by Gasteiger charge is 2.27. The summed E-state index contributed by atoms with van der Waals surface area (Å²) in [6.07, 6.45) is 0. The number of nitrogens with zero attached hydrogens (tertiary/aromatic N) is 1. The minimum atomic E-state index is -0.0165. The lowest BCUT2D eigenvalue weighted by atomic mass is 10.1. The molecule has 1 aliphatic rings. The minimum Gasteiger partial charge on any atom is -0.478 e. The van der Waals surface area contributed by atoms with Gasteiger partial charge < -0.3 is 4.74 Å². The van der Waals surface area contributed by atoms with E-state index in [9.17, 15) is 0 Å². The summed E-state index contributed by atoms with van der Waals surface area (Å²) in [5, 5.41) is 0. The third-order valence-electron chi connectivity index (χ3n) is 1.33. The SMILES string of the molecule is CC(Br)C1=NC(C)(C)CO1. The Kier molecular flexibility index (Phi) is 2.04. The van der Waals surface area contributed by atoms with Gasteiger partial charge in [0.05, 0.1) is 10.4 Å². The van der Waals surface area contributed by atoms with Gasteiger partial charge in [-0.3, -0.25) is 0 Å². The van der Waals surface area contributed by atoms with Crippen molar-refractivity contribution in [3.05, 3.63) is 0 Å². The van der Waals surface area contributed by atoms with Gasteiger partial charge in [-0.05, 0) is 20.8 Å². The number of aliphatic imine (C=N–C) groups is 1. The Labute approximate surface area is 69.8 Å². The third kappa shape index (κ3) is 1.72. The molecule has 0 aromatic rings. The van der Waals surface area contributed by atoms with Gasteiger partial charge in [-0.15, -0.1) is 0 Å². The van der Waals surface area contributed by atoms with Crippen LogP contribution in [0.4, 0.5) is 0 Å². The van der Waals surface area contributed by atoms with Gasteiger partial charge in [0.1, 0.15) is 6.61 Å². The zero-order valence-electron chi connectivity index (χ0n) is 6.52. The fraction of sp³-hybridized carbons (Fsp3) is 0.857. The normalized spacial score (nSPS) is 25.4. The van der Waals surface area contributed by atoms with Crippen LogP contribution in [0.2, 0.25) is 0 Å². The van der Waals surface area contributed by atoms with Crippen molar-refractivity contribution in [3.63, 3.8) is 0 Å². The summed E-state index contributed by atoms with van der Waals surface area (Å²) in [6.45, 7) is 6.85. The van der Waals surface area contributed by atoms with E-state index >= 15 is 0 Å². The van der Waals surface area contributed by atoms with Crippen LogP contribution < -0.4 is 0 Å². The molecule has 58 valence electrons. The third-order valence-corrected chi connectivity index (χ3v) is 1.72. The molecule has 2 nitrogen and oxygen atoms in total. The highest BCUT2D eigenvalue weighted by Crippen LogP contribution is 2.20. The van der Waals surface area contributed by atoms with Crippen molar-refractivity contribution in [1.29, 1.82) is 0 Å². The molecule has 0 aromatic carbocycles. The average molecular weight is 206 g/mol. The van der Waals surface area contributed by atoms with Gasteiger partial charge in [0.2, 0.25) is 0 Å². The molecule has 0 radical (unpaired) electrons. The minimum absolute atomic E-state index is 0.0165. The molecule has 0 saturated heterocycles. The van der Waals surface area contributed by atoms with Gasteiger partial charge >= 0.3 is 0 Å². The number of hydrogen-bond donors (Lipinski definition) is 0. The highest BCUT2D eigenvalue weighted by atomic mass is 79.9. The lowest BCUT2D eigenvalue weighted by Crippen LogP contribution is -2.17. The first kappa shape index (κ1) is 8.05. The zero-order valence-corrected chi connectivity index (χ0v) is 8.10. The molecule has 10 heavy (non-hydrogen) atoms. The Bertz CT molecular complexity index is 163. The summed E-state index contributed by atoms with van der Waals surface area (Å²) < 4.78 is 5.33. The first-order chi connectivity index (χ1) is 4.51. The van der Waals surface area contributed by atoms with E-state index in [0.717, 1.165) is 5.90 Å². The second kappa shape index (κ2) is 2.53. The summed E-state index contributed by atoms with van der Waals surface area (Å²) in [6, 6.07) is 0. The van der Waals surface area contributed by atoms with Crippen molar-refractivity contribution in [2.45, 2.75) is 31.1 Å². The van der Waals surface area contributed by atoms with Crippen LogP contribution in [0.1, 0.15) is 20.8 Å². The maximum absolute atomic E-state index is 5.33. The van der Waals surface area contributed by atoms with Crippen molar-refractivity contribution in [2.24, 2.45) is 4.99 Å². The van der Waals surface area contributed by atoms with E-state index in [0.29, 0.717) is 6.61 Å². The highest BCUT2D eigenvalue weighted by molar-refractivity contribution is 9.10. The van der Waals surface area contributed by atoms with Crippen LogP contribution >= 0.6 is 15.9 Å². The first-order valence-corrected chi connectivity index (χ1v) is 4.29. The summed E-state index contributed by atoms with van der Waals surface area (Å²) in [5.74, 6) is 0.824. The van der Waals surface area contributed by atoms with E-state index in [4.69, 9.17) is 4.74 Å². The maximum Gasteiger partial charge on any atom is 0.197 e. The topological polar surface area (TPSA) is 21.6 Å². The maximum atomic E-state index is 5.33. The van der Waals surface area contributed by atoms with Crippen LogP contribution in [0.3, 0.4) is 0 Å². The van der Waals surface area contributed by atoms with Gasteiger partial charge in [-0.1, -0.05) is 15.9 Å². The molecule has 1 rings (SSSR count). The fourth-order valence-corrected chi connectivity index (χ4v) is 1.05. The molecule has 1 unspecified atom stereocenters. The second-order valence-corrected chi connectivity index (χ2v) is 4.54. The fourth-order valence-electron chi connectivity index (χ4n) is 0.817. The van der Waals surface area contributed by atoms with E-state index in [2.05, 4.69) is 34.8 Å². The van der Waals surface area contributed by atoms with E-state index < -0.39 is 0 Å². The summed E-state index contributed by atoms with van der Waals surface area (Å²) in [7, 11) is 0. The lowest BCUT2D eigenvalue weighted by Gasteiger charge is -2.07. The Morgan fingerprint density at radius 2 is 2.30 bits per heavy atom. The average Bonchev–Trinajstić information content (AvgIpc) is 2.10. The molecule has 0 bridgehead atoms. The number of rotatable bonds is 1. The van der Waals surface area contributed by atoms with Crippen molar-refractivity contribution in [1.82, 2.24) is 0 Å². The van der Waals surface area contributed by atoms with Crippen LogP contribution in [0.25, 0.3) is 0 Å². The molecule has 0 saturated carbocycles. The van der Waals surface area contributed by atoms with Crippen molar-refractivity contribution in [2.75, 3.05) is 6.61 Å². The van der Waals surface area contributed by atoms with Crippen LogP contribution in [0.15, 0.2) is 4.99 Å². The van der Waals surface area contributed by atoms with E-state index in [1.54, 1.807) is 0 Å². The van der Waals surface area contributed by atoms with E-state index in [1.807, 2.05) is 6.92 Å². The van der Waals surface area contributed by atoms with Crippen molar-refractivity contribution < 1.29 is 4.74 Å². The molecule has 0 fully saturated rings. The van der Waals surface area contributed by atoms with Crippen LogP contribution in [-0.4, -0.2) is 22.9 Å². The molecular weight excluding hydrogens is 194 g/mol. The Morgan fingerprint density at radius 3 is 2.50 bits per heavy atom. The summed E-state index contributed by atoms with van der Waals surface area (Å²) in [4.78, 5) is 4.61. The predicted molar refractivity (Wildman–Crippen MR) is 45.9 cm³/mol. The molecule has 0 aromatic heterocycles. The molecule has 0 amide bonds. The number of hydrogen-bond acceptors (Lipinski definition) is 2. The van der Waals surface area contributed by atoms with E-state index in [-0.39, 0.29) is 10.4 Å². The summed E-state index contributed by atoms with van der Waals surface area (Å²) in [5.41, 5.74) is -0.0165. The summed E-state index contributed by atoms with van der Waals surface area (Å²) >= 11 is 3.40. The Morgan fingerprint density at radius 1 is 1.70 bits per heavy atom. The molecule has 0 spiro atoms. The van der Waals surface area contributed by atoms with Crippen LogP contribution in [0.5, 0.6) is 0 Å². The zero-order chi connectivity index (χ0) is 7.78. The van der Waals surface area contributed by atoms with Gasteiger partial charge in [0.25, 0.3) is 0 Å². The smallest absolute Gasteiger partial charge is 0.197 e. The second-order valence-electron chi connectivity index (χ2n) is 3.17. The number of halogens is 1. The molecule has 1 atom stereocenters. The van der Waals surface area contributed by atoms with Gasteiger partial charge in [0.15, 0.2) is 5.90 Å². The molecule has 0 aliphatic carbocycles. The first-order valence-electron chi connectivity index (χ1n) is 3.38. The molecule has 1 heterocycles. The van der Waals surface area contributed by atoms with Crippen LogP contribution in [-0.2, 0) is 4.74 Å². The van der Waals surface area contributed by atoms with Gasteiger partial charge in [-0.2, -0.15) is 0 Å². The molecular formula is C7H12BrNO. The predicted octanol–water partition coefficient (Wildman–Crippen LogP) is 1.98. The van der Waals surface area contributed by atoms with Crippen molar-refractivity contribution >= 4 is 21.8 Å².